The Labute approximate surface area is 156 Å². The van der Waals surface area contributed by atoms with Crippen molar-refractivity contribution in [3.63, 3.8) is 0 Å². The van der Waals surface area contributed by atoms with Crippen LogP contribution in [0.2, 0.25) is 0 Å². The van der Waals surface area contributed by atoms with Crippen LogP contribution in [0.1, 0.15) is 30.4 Å². The van der Waals surface area contributed by atoms with Gasteiger partial charge in [-0.05, 0) is 31.7 Å². The van der Waals surface area contributed by atoms with Gasteiger partial charge in [-0.1, -0.05) is 29.8 Å². The second kappa shape index (κ2) is 7.67. The number of aryl methyl sites for hydroxylation is 1. The van der Waals surface area contributed by atoms with Gasteiger partial charge < -0.3 is 14.4 Å². The zero-order chi connectivity index (χ0) is 18.0. The van der Waals surface area contributed by atoms with Gasteiger partial charge in [-0.3, -0.25) is 9.69 Å². The molecule has 1 aromatic carbocycles. The van der Waals surface area contributed by atoms with Crippen LogP contribution in [0.4, 0.5) is 0 Å². The standard InChI is InChI=1S/C21H30N2O3/c1-17-2-4-18(5-3-17)14-22-11-13-26-21(16-22)7-9-23(10-8-21)20(24)19-6-12-25-15-19/h2-5,19H,6-16H2,1H3/t19-/m1/s1. The fourth-order valence-electron chi connectivity index (χ4n) is 4.43. The number of nitrogens with zero attached hydrogens (tertiary/aromatic N) is 2. The molecule has 0 saturated carbocycles. The second-order valence-corrected chi connectivity index (χ2v) is 8.11. The highest BCUT2D eigenvalue weighted by molar-refractivity contribution is 5.79. The van der Waals surface area contributed by atoms with E-state index in [1.165, 1.54) is 11.1 Å². The minimum Gasteiger partial charge on any atom is -0.381 e. The number of morpholine rings is 1. The topological polar surface area (TPSA) is 42.0 Å². The number of carbonyl (C=O) groups excluding carboxylic acids is 1. The van der Waals surface area contributed by atoms with E-state index in [1.807, 2.05) is 4.90 Å². The predicted molar refractivity (Wildman–Crippen MR) is 99.9 cm³/mol. The molecule has 142 valence electrons. The number of benzene rings is 1. The number of carbonyl (C=O) groups is 1. The molecule has 0 aliphatic carbocycles. The molecular formula is C21H30N2O3. The van der Waals surface area contributed by atoms with E-state index >= 15 is 0 Å². The average molecular weight is 358 g/mol. The molecule has 4 rings (SSSR count). The van der Waals surface area contributed by atoms with Crippen LogP contribution >= 0.6 is 0 Å². The number of hydrogen-bond acceptors (Lipinski definition) is 4. The molecule has 26 heavy (non-hydrogen) atoms. The molecule has 3 heterocycles. The summed E-state index contributed by atoms with van der Waals surface area (Å²) in [5, 5.41) is 0. The van der Waals surface area contributed by atoms with Crippen molar-refractivity contribution in [3.8, 4) is 0 Å². The van der Waals surface area contributed by atoms with E-state index in [9.17, 15) is 4.79 Å². The Morgan fingerprint density at radius 1 is 1.15 bits per heavy atom. The van der Waals surface area contributed by atoms with Crippen LogP contribution in [-0.4, -0.2) is 67.3 Å². The number of hydrogen-bond donors (Lipinski definition) is 0. The fourth-order valence-corrected chi connectivity index (χ4v) is 4.43. The molecule has 3 aliphatic heterocycles. The summed E-state index contributed by atoms with van der Waals surface area (Å²) in [6.07, 6.45) is 2.76. The number of likely N-dealkylation sites (tertiary alicyclic amines) is 1. The molecule has 0 aromatic heterocycles. The van der Waals surface area contributed by atoms with Crippen molar-refractivity contribution in [2.24, 2.45) is 5.92 Å². The van der Waals surface area contributed by atoms with Crippen LogP contribution in [-0.2, 0) is 20.8 Å². The summed E-state index contributed by atoms with van der Waals surface area (Å²) in [7, 11) is 0. The Morgan fingerprint density at radius 3 is 2.62 bits per heavy atom. The van der Waals surface area contributed by atoms with Crippen LogP contribution in [0.15, 0.2) is 24.3 Å². The maximum Gasteiger partial charge on any atom is 0.228 e. The summed E-state index contributed by atoms with van der Waals surface area (Å²) in [6.45, 7) is 8.80. The van der Waals surface area contributed by atoms with Gasteiger partial charge in [0.1, 0.15) is 0 Å². The van der Waals surface area contributed by atoms with Crippen LogP contribution in [0.5, 0.6) is 0 Å². The smallest absolute Gasteiger partial charge is 0.228 e. The summed E-state index contributed by atoms with van der Waals surface area (Å²) in [6, 6.07) is 8.82. The third kappa shape index (κ3) is 3.95. The van der Waals surface area contributed by atoms with Crippen molar-refractivity contribution in [1.82, 2.24) is 9.80 Å². The minimum atomic E-state index is -0.0775. The van der Waals surface area contributed by atoms with Gasteiger partial charge in [0.05, 0.1) is 24.7 Å². The lowest BCUT2D eigenvalue weighted by Crippen LogP contribution is -2.57. The van der Waals surface area contributed by atoms with Gasteiger partial charge >= 0.3 is 0 Å². The molecule has 1 spiro atoms. The third-order valence-corrected chi connectivity index (χ3v) is 6.12. The number of rotatable bonds is 3. The normalized spacial score (nSPS) is 26.3. The van der Waals surface area contributed by atoms with Gasteiger partial charge in [0.15, 0.2) is 0 Å². The van der Waals surface area contributed by atoms with Crippen LogP contribution < -0.4 is 0 Å². The maximum atomic E-state index is 12.6. The quantitative estimate of drug-likeness (QED) is 0.831. The first-order chi connectivity index (χ1) is 12.6. The van der Waals surface area contributed by atoms with Gasteiger partial charge in [-0.2, -0.15) is 0 Å². The Balaban J connectivity index is 1.32. The number of ether oxygens (including phenoxy) is 2. The SMILES string of the molecule is Cc1ccc(CN2CCOC3(CCN(C(=O)[C@@H]4CCOC4)CC3)C2)cc1. The Kier molecular flexibility index (Phi) is 5.30. The monoisotopic (exact) mass is 358 g/mol. The van der Waals surface area contributed by atoms with Crippen molar-refractivity contribution in [2.45, 2.75) is 38.3 Å². The molecular weight excluding hydrogens is 328 g/mol. The summed E-state index contributed by atoms with van der Waals surface area (Å²) >= 11 is 0. The van der Waals surface area contributed by atoms with Gasteiger partial charge in [-0.15, -0.1) is 0 Å². The predicted octanol–water partition coefficient (Wildman–Crippen LogP) is 2.22. The van der Waals surface area contributed by atoms with Crippen LogP contribution in [0.3, 0.4) is 0 Å². The third-order valence-electron chi connectivity index (χ3n) is 6.12. The minimum absolute atomic E-state index is 0.0775. The lowest BCUT2D eigenvalue weighted by Gasteiger charge is -2.47. The molecule has 1 aromatic rings. The zero-order valence-electron chi connectivity index (χ0n) is 15.8. The first-order valence-corrected chi connectivity index (χ1v) is 9.92. The molecule has 1 atom stereocenters. The molecule has 3 aliphatic rings. The second-order valence-electron chi connectivity index (χ2n) is 8.11. The molecule has 3 saturated heterocycles. The first-order valence-electron chi connectivity index (χ1n) is 9.92. The molecule has 0 bridgehead atoms. The van der Waals surface area contributed by atoms with Gasteiger partial charge in [0, 0.05) is 39.3 Å². The van der Waals surface area contributed by atoms with Gasteiger partial charge in [0.2, 0.25) is 5.91 Å². The largest absolute Gasteiger partial charge is 0.381 e. The van der Waals surface area contributed by atoms with Crippen LogP contribution in [0.25, 0.3) is 0 Å². The van der Waals surface area contributed by atoms with E-state index in [0.29, 0.717) is 6.61 Å². The molecule has 0 N–H and O–H groups in total. The highest BCUT2D eigenvalue weighted by Crippen LogP contribution is 2.32. The molecule has 5 nitrogen and oxygen atoms in total. The van der Waals surface area contributed by atoms with E-state index < -0.39 is 0 Å². The fraction of sp³-hybridized carbons (Fsp3) is 0.667. The molecule has 1 amide bonds. The molecule has 0 unspecified atom stereocenters. The lowest BCUT2D eigenvalue weighted by atomic mass is 9.88. The van der Waals surface area contributed by atoms with E-state index in [0.717, 1.165) is 65.2 Å². The number of amides is 1. The van der Waals surface area contributed by atoms with E-state index in [4.69, 9.17) is 9.47 Å². The van der Waals surface area contributed by atoms with Crippen molar-refractivity contribution in [2.75, 3.05) is 46.0 Å². The lowest BCUT2D eigenvalue weighted by molar-refractivity contribution is -0.153. The highest BCUT2D eigenvalue weighted by Gasteiger charge is 2.41. The van der Waals surface area contributed by atoms with Crippen molar-refractivity contribution < 1.29 is 14.3 Å². The Hall–Kier alpha value is -1.43. The van der Waals surface area contributed by atoms with Crippen molar-refractivity contribution in [1.29, 1.82) is 0 Å². The van der Waals surface area contributed by atoms with Gasteiger partial charge in [-0.25, -0.2) is 0 Å². The molecule has 3 fully saturated rings. The first kappa shape index (κ1) is 18.0. The van der Waals surface area contributed by atoms with Crippen LogP contribution in [0, 0.1) is 12.8 Å². The molecule has 0 radical (unpaired) electrons. The van der Waals surface area contributed by atoms with E-state index in [2.05, 4.69) is 36.1 Å². The van der Waals surface area contributed by atoms with Gasteiger partial charge in [0.25, 0.3) is 0 Å². The van der Waals surface area contributed by atoms with E-state index in [-0.39, 0.29) is 17.4 Å². The Morgan fingerprint density at radius 2 is 1.92 bits per heavy atom. The van der Waals surface area contributed by atoms with E-state index in [1.54, 1.807) is 0 Å². The van der Waals surface area contributed by atoms with Crippen molar-refractivity contribution >= 4 is 5.91 Å². The average Bonchev–Trinajstić information content (AvgIpc) is 3.19. The Bertz CT molecular complexity index is 617. The van der Waals surface area contributed by atoms with Crippen molar-refractivity contribution in [3.05, 3.63) is 35.4 Å². The zero-order valence-corrected chi connectivity index (χ0v) is 15.8. The number of piperidine rings is 1. The molecule has 5 heteroatoms. The summed E-state index contributed by atoms with van der Waals surface area (Å²) < 4.78 is 11.6. The summed E-state index contributed by atoms with van der Waals surface area (Å²) in [4.78, 5) is 17.1. The summed E-state index contributed by atoms with van der Waals surface area (Å²) in [5.74, 6) is 0.360. The summed E-state index contributed by atoms with van der Waals surface area (Å²) in [5.41, 5.74) is 2.59. The highest BCUT2D eigenvalue weighted by atomic mass is 16.5. The maximum absolute atomic E-state index is 12.6.